The van der Waals surface area contributed by atoms with Crippen molar-refractivity contribution in [1.82, 2.24) is 5.32 Å². The van der Waals surface area contributed by atoms with Crippen LogP contribution >= 0.6 is 0 Å². The minimum atomic E-state index is -0.738. The fraction of sp³-hybridized carbons (Fsp3) is 0.0882. The molecule has 3 heteroatoms. The molecule has 0 aliphatic heterocycles. The first-order valence-corrected chi connectivity index (χ1v) is 12.5. The molecule has 5 rings (SSSR count). The molecule has 0 atom stereocenters. The van der Waals surface area contributed by atoms with E-state index in [0.29, 0.717) is 0 Å². The molecule has 0 aromatic heterocycles. The second kappa shape index (κ2) is 11.5. The van der Waals surface area contributed by atoms with Gasteiger partial charge in [0.2, 0.25) is 0 Å². The van der Waals surface area contributed by atoms with Gasteiger partial charge in [0.15, 0.2) is 6.10 Å². The Labute approximate surface area is 218 Å². The molecule has 0 aliphatic carbocycles. The lowest BCUT2D eigenvalue weighted by Gasteiger charge is -2.37. The van der Waals surface area contributed by atoms with Crippen LogP contribution in [0.5, 0.6) is 0 Å². The van der Waals surface area contributed by atoms with Gasteiger partial charge in [-0.2, -0.15) is 0 Å². The predicted molar refractivity (Wildman–Crippen MR) is 148 cm³/mol. The highest BCUT2D eigenvalue weighted by atomic mass is 16.5. The van der Waals surface area contributed by atoms with E-state index < -0.39 is 11.6 Å². The van der Waals surface area contributed by atoms with Crippen LogP contribution < -0.4 is 5.32 Å². The molecule has 0 aliphatic rings. The van der Waals surface area contributed by atoms with E-state index in [1.54, 1.807) is 0 Å². The van der Waals surface area contributed by atoms with E-state index in [1.165, 1.54) is 0 Å². The molecule has 0 saturated carbocycles. The van der Waals surface area contributed by atoms with Gasteiger partial charge in [0, 0.05) is 0 Å². The van der Waals surface area contributed by atoms with Gasteiger partial charge in [0.25, 0.3) is 0 Å². The molecule has 5 aromatic carbocycles. The quantitative estimate of drug-likeness (QED) is 0.183. The van der Waals surface area contributed by atoms with E-state index in [2.05, 4.69) is 41.7 Å². The van der Waals surface area contributed by atoms with E-state index in [4.69, 9.17) is 4.74 Å². The van der Waals surface area contributed by atoms with Gasteiger partial charge in [0.1, 0.15) is 0 Å². The fourth-order valence-electron chi connectivity index (χ4n) is 4.83. The van der Waals surface area contributed by atoms with E-state index in [9.17, 15) is 4.79 Å². The summed E-state index contributed by atoms with van der Waals surface area (Å²) in [5.74, 6) is -0.329. The second-order valence-electron chi connectivity index (χ2n) is 8.89. The third-order valence-corrected chi connectivity index (χ3v) is 6.57. The van der Waals surface area contributed by atoms with Crippen LogP contribution in [-0.2, 0) is 15.1 Å². The zero-order valence-electron chi connectivity index (χ0n) is 20.5. The summed E-state index contributed by atoms with van der Waals surface area (Å²) in [7, 11) is 0. The van der Waals surface area contributed by atoms with Gasteiger partial charge in [-0.1, -0.05) is 152 Å². The Balaban J connectivity index is 1.50. The molecule has 0 bridgehead atoms. The Morgan fingerprint density at radius 2 is 0.865 bits per heavy atom. The maximum atomic E-state index is 13.5. The van der Waals surface area contributed by atoms with Gasteiger partial charge in [-0.25, -0.2) is 0 Å². The fourth-order valence-corrected chi connectivity index (χ4v) is 4.83. The molecule has 5 aromatic rings. The Morgan fingerprint density at radius 3 is 1.22 bits per heavy atom. The summed E-state index contributed by atoms with van der Waals surface area (Å²) in [5.41, 5.74) is 4.26. The van der Waals surface area contributed by atoms with Crippen molar-refractivity contribution in [3.63, 3.8) is 0 Å². The summed E-state index contributed by atoms with van der Waals surface area (Å²) in [5, 5.41) is 3.62. The molecule has 0 spiro atoms. The average molecular weight is 484 g/mol. The lowest BCUT2D eigenvalue weighted by Crippen LogP contribution is -2.47. The Bertz CT molecular complexity index is 1250. The number of ether oxygens (including phenoxy) is 1. The van der Waals surface area contributed by atoms with Crippen molar-refractivity contribution in [1.29, 1.82) is 0 Å². The molecule has 0 amide bonds. The van der Waals surface area contributed by atoms with Gasteiger partial charge in [-0.05, 0) is 27.8 Å². The molecule has 3 nitrogen and oxygen atoms in total. The summed E-state index contributed by atoms with van der Waals surface area (Å²) < 4.78 is 6.12. The number of carbonyl (C=O) groups is 1. The molecule has 37 heavy (non-hydrogen) atoms. The molecule has 182 valence electrons. The van der Waals surface area contributed by atoms with Crippen LogP contribution in [0.25, 0.3) is 0 Å². The van der Waals surface area contributed by atoms with E-state index in [0.717, 1.165) is 27.8 Å². The smallest absolute Gasteiger partial charge is 0.320 e. The lowest BCUT2D eigenvalue weighted by atomic mass is 9.77. The monoisotopic (exact) mass is 483 g/mol. The van der Waals surface area contributed by atoms with Gasteiger partial charge >= 0.3 is 5.97 Å². The molecule has 0 saturated heterocycles. The van der Waals surface area contributed by atoms with Crippen LogP contribution in [0.2, 0.25) is 0 Å². The minimum Gasteiger partial charge on any atom is -0.452 e. The van der Waals surface area contributed by atoms with Crippen molar-refractivity contribution in [3.8, 4) is 0 Å². The summed E-state index contributed by atoms with van der Waals surface area (Å²) in [6.45, 7) is 0.0227. The van der Waals surface area contributed by atoms with Crippen molar-refractivity contribution in [2.24, 2.45) is 0 Å². The number of rotatable bonds is 9. The van der Waals surface area contributed by atoms with Crippen LogP contribution in [0.4, 0.5) is 0 Å². The van der Waals surface area contributed by atoms with E-state index >= 15 is 0 Å². The van der Waals surface area contributed by atoms with Crippen LogP contribution in [0, 0.1) is 0 Å². The summed E-state index contributed by atoms with van der Waals surface area (Å²) in [6.07, 6.45) is -0.490. The SMILES string of the molecule is O=C(CNC(c1ccccc1)(c1ccccc1)c1ccccc1)OC(c1ccccc1)c1ccccc1. The maximum absolute atomic E-state index is 13.5. The van der Waals surface area contributed by atoms with Crippen molar-refractivity contribution < 1.29 is 9.53 Å². The zero-order valence-corrected chi connectivity index (χ0v) is 20.5. The summed E-state index contributed by atoms with van der Waals surface area (Å²) in [6, 6.07) is 50.4. The minimum absolute atomic E-state index is 0.0227. The average Bonchev–Trinajstić information content (AvgIpc) is 2.99. The molecular weight excluding hydrogens is 454 g/mol. The third-order valence-electron chi connectivity index (χ3n) is 6.57. The van der Waals surface area contributed by atoms with Gasteiger partial charge in [-0.15, -0.1) is 0 Å². The number of carbonyl (C=O) groups excluding carboxylic acids is 1. The number of nitrogens with one attached hydrogen (secondary N) is 1. The second-order valence-corrected chi connectivity index (χ2v) is 8.89. The van der Waals surface area contributed by atoms with Gasteiger partial charge in [-0.3, -0.25) is 10.1 Å². The van der Waals surface area contributed by atoms with Crippen molar-refractivity contribution in [2.45, 2.75) is 11.6 Å². The Morgan fingerprint density at radius 1 is 0.541 bits per heavy atom. The van der Waals surface area contributed by atoms with Crippen molar-refractivity contribution in [2.75, 3.05) is 6.54 Å². The van der Waals surface area contributed by atoms with Crippen molar-refractivity contribution in [3.05, 3.63) is 179 Å². The predicted octanol–water partition coefficient (Wildman–Crippen LogP) is 6.90. The van der Waals surface area contributed by atoms with Crippen LogP contribution in [0.3, 0.4) is 0 Å². The molecule has 0 radical (unpaired) electrons. The van der Waals surface area contributed by atoms with Crippen molar-refractivity contribution >= 4 is 5.97 Å². The maximum Gasteiger partial charge on any atom is 0.320 e. The third kappa shape index (κ3) is 5.37. The topological polar surface area (TPSA) is 38.3 Å². The molecular formula is C34H29NO2. The number of benzene rings is 5. The molecule has 0 fully saturated rings. The number of hydrogen-bond acceptors (Lipinski definition) is 3. The van der Waals surface area contributed by atoms with Crippen LogP contribution in [0.15, 0.2) is 152 Å². The summed E-state index contributed by atoms with van der Waals surface area (Å²) in [4.78, 5) is 13.5. The Hall–Kier alpha value is -4.47. The van der Waals surface area contributed by atoms with Gasteiger partial charge in [0.05, 0.1) is 12.1 Å². The largest absolute Gasteiger partial charge is 0.452 e. The van der Waals surface area contributed by atoms with E-state index in [-0.39, 0.29) is 12.5 Å². The van der Waals surface area contributed by atoms with E-state index in [1.807, 2.05) is 115 Å². The number of hydrogen-bond donors (Lipinski definition) is 1. The first-order valence-electron chi connectivity index (χ1n) is 12.5. The summed E-state index contributed by atoms with van der Waals surface area (Å²) >= 11 is 0. The molecule has 1 N–H and O–H groups in total. The normalized spacial score (nSPS) is 11.3. The Kier molecular flexibility index (Phi) is 7.54. The first kappa shape index (κ1) is 24.2. The molecule has 0 heterocycles. The highest BCUT2D eigenvalue weighted by Gasteiger charge is 2.36. The highest BCUT2D eigenvalue weighted by Crippen LogP contribution is 2.36. The zero-order chi connectivity index (χ0) is 25.3. The van der Waals surface area contributed by atoms with Crippen LogP contribution in [0.1, 0.15) is 33.9 Å². The lowest BCUT2D eigenvalue weighted by molar-refractivity contribution is -0.146. The number of esters is 1. The molecule has 0 unspecified atom stereocenters. The van der Waals surface area contributed by atoms with Gasteiger partial charge < -0.3 is 4.74 Å². The van der Waals surface area contributed by atoms with Crippen LogP contribution in [-0.4, -0.2) is 12.5 Å². The first-order chi connectivity index (χ1) is 18.3. The highest BCUT2D eigenvalue weighted by molar-refractivity contribution is 5.73. The standard InChI is InChI=1S/C34H29NO2/c36-32(37-33(27-16-6-1-7-17-27)28-18-8-2-9-19-28)26-35-34(29-20-10-3-11-21-29,30-22-12-4-13-23-30)31-24-14-5-15-25-31/h1-25,33,35H,26H2.